The molecule has 0 aliphatic heterocycles. The summed E-state index contributed by atoms with van der Waals surface area (Å²) in [6, 6.07) is 18.8. The third-order valence-corrected chi connectivity index (χ3v) is 3.89. The van der Waals surface area contributed by atoms with Gasteiger partial charge in [-0.2, -0.15) is 0 Å². The van der Waals surface area contributed by atoms with Gasteiger partial charge in [-0.15, -0.1) is 24.0 Å². The smallest absolute Gasteiger partial charge is 0.191 e. The summed E-state index contributed by atoms with van der Waals surface area (Å²) >= 11 is 0. The van der Waals surface area contributed by atoms with Crippen LogP contribution in [0.1, 0.15) is 29.5 Å². The largest absolute Gasteiger partial charge is 0.377 e. The van der Waals surface area contributed by atoms with Gasteiger partial charge in [0, 0.05) is 26.7 Å². The summed E-state index contributed by atoms with van der Waals surface area (Å²) in [5.74, 6) is 0.840. The van der Waals surface area contributed by atoms with E-state index in [1.54, 1.807) is 7.05 Å². The van der Waals surface area contributed by atoms with Crippen LogP contribution >= 0.6 is 24.0 Å². The standard InChI is InChI=1S/C21H29N3O.HI/c1-18-9-8-12-20(15-18)16-24-21(22-2)23-13-6-7-14-25-17-19-10-4-3-5-11-19;/h3-5,8-12,15H,6-7,13-14,16-17H2,1-2H3,(H2,22,23,24);1H. The number of nitrogens with one attached hydrogen (secondary N) is 2. The van der Waals surface area contributed by atoms with Gasteiger partial charge >= 0.3 is 0 Å². The van der Waals surface area contributed by atoms with Crippen LogP contribution in [0.2, 0.25) is 0 Å². The van der Waals surface area contributed by atoms with Crippen molar-refractivity contribution in [2.45, 2.75) is 32.9 Å². The van der Waals surface area contributed by atoms with Gasteiger partial charge in [-0.25, -0.2) is 0 Å². The molecule has 0 atom stereocenters. The Morgan fingerprint density at radius 3 is 2.46 bits per heavy atom. The molecule has 0 aliphatic rings. The molecule has 0 bridgehead atoms. The maximum atomic E-state index is 5.70. The third-order valence-electron chi connectivity index (χ3n) is 3.89. The summed E-state index contributed by atoms with van der Waals surface area (Å²) in [6.45, 7) is 5.25. The van der Waals surface area contributed by atoms with E-state index in [1.165, 1.54) is 16.7 Å². The van der Waals surface area contributed by atoms with E-state index in [2.05, 4.69) is 58.9 Å². The van der Waals surface area contributed by atoms with Crippen molar-refractivity contribution in [3.8, 4) is 0 Å². The first-order valence-corrected chi connectivity index (χ1v) is 8.89. The average Bonchev–Trinajstić information content (AvgIpc) is 2.64. The molecule has 5 heteroatoms. The fraction of sp³-hybridized carbons (Fsp3) is 0.381. The first-order chi connectivity index (χ1) is 12.3. The van der Waals surface area contributed by atoms with Crippen molar-refractivity contribution in [1.82, 2.24) is 10.6 Å². The van der Waals surface area contributed by atoms with Crippen LogP contribution in [0.4, 0.5) is 0 Å². The molecule has 2 N–H and O–H groups in total. The van der Waals surface area contributed by atoms with Gasteiger partial charge in [0.05, 0.1) is 6.61 Å². The van der Waals surface area contributed by atoms with Crippen LogP contribution in [-0.4, -0.2) is 26.2 Å². The Hall–Kier alpha value is -1.60. The van der Waals surface area contributed by atoms with Crippen LogP contribution in [-0.2, 0) is 17.9 Å². The molecule has 0 saturated carbocycles. The Bertz CT molecular complexity index is 647. The molecular weight excluding hydrogens is 437 g/mol. The molecule has 2 aromatic rings. The highest BCUT2D eigenvalue weighted by molar-refractivity contribution is 14.0. The zero-order valence-electron chi connectivity index (χ0n) is 15.7. The molecule has 0 heterocycles. The van der Waals surface area contributed by atoms with Gasteiger partial charge < -0.3 is 15.4 Å². The van der Waals surface area contributed by atoms with E-state index in [9.17, 15) is 0 Å². The van der Waals surface area contributed by atoms with Crippen LogP contribution in [0.3, 0.4) is 0 Å². The number of rotatable bonds is 9. The minimum absolute atomic E-state index is 0. The molecule has 0 spiro atoms. The average molecular weight is 467 g/mol. The van der Waals surface area contributed by atoms with Gasteiger partial charge in [0.25, 0.3) is 0 Å². The van der Waals surface area contributed by atoms with E-state index >= 15 is 0 Å². The molecule has 2 aromatic carbocycles. The first-order valence-electron chi connectivity index (χ1n) is 8.89. The number of nitrogens with zero attached hydrogens (tertiary/aromatic N) is 1. The molecule has 142 valence electrons. The van der Waals surface area contributed by atoms with E-state index in [1.807, 2.05) is 18.2 Å². The second-order valence-electron chi connectivity index (χ2n) is 6.09. The van der Waals surface area contributed by atoms with Gasteiger partial charge in [-0.3, -0.25) is 4.99 Å². The number of halogens is 1. The monoisotopic (exact) mass is 467 g/mol. The molecule has 0 saturated heterocycles. The zero-order valence-corrected chi connectivity index (χ0v) is 18.0. The summed E-state index contributed by atoms with van der Waals surface area (Å²) in [5.41, 5.74) is 3.76. The molecule has 2 rings (SSSR count). The molecule has 26 heavy (non-hydrogen) atoms. The highest BCUT2D eigenvalue weighted by Gasteiger charge is 1.99. The lowest BCUT2D eigenvalue weighted by atomic mass is 10.1. The van der Waals surface area contributed by atoms with Gasteiger partial charge in [0.2, 0.25) is 0 Å². The zero-order chi connectivity index (χ0) is 17.7. The van der Waals surface area contributed by atoms with E-state index in [0.717, 1.165) is 38.5 Å². The fourth-order valence-corrected chi connectivity index (χ4v) is 2.53. The summed E-state index contributed by atoms with van der Waals surface area (Å²) < 4.78 is 5.70. The number of hydrogen-bond donors (Lipinski definition) is 2. The van der Waals surface area contributed by atoms with Gasteiger partial charge in [-0.05, 0) is 30.9 Å². The summed E-state index contributed by atoms with van der Waals surface area (Å²) in [5, 5.41) is 6.69. The minimum Gasteiger partial charge on any atom is -0.377 e. The maximum Gasteiger partial charge on any atom is 0.191 e. The number of aliphatic imine (C=N–C) groups is 1. The van der Waals surface area contributed by atoms with Crippen LogP contribution in [0.25, 0.3) is 0 Å². The number of ether oxygens (including phenoxy) is 1. The Morgan fingerprint density at radius 2 is 1.73 bits per heavy atom. The Kier molecular flexibility index (Phi) is 11.7. The van der Waals surface area contributed by atoms with Crippen LogP contribution < -0.4 is 10.6 Å². The predicted octanol–water partition coefficient (Wildman–Crippen LogP) is 4.28. The van der Waals surface area contributed by atoms with E-state index in [4.69, 9.17) is 4.74 Å². The fourth-order valence-electron chi connectivity index (χ4n) is 2.53. The number of guanidine groups is 1. The molecule has 0 amide bonds. The Labute approximate surface area is 174 Å². The van der Waals surface area contributed by atoms with Crippen molar-refractivity contribution in [2.75, 3.05) is 20.2 Å². The van der Waals surface area contributed by atoms with E-state index in [-0.39, 0.29) is 24.0 Å². The topological polar surface area (TPSA) is 45.7 Å². The summed E-state index contributed by atoms with van der Waals surface area (Å²) in [7, 11) is 1.80. The van der Waals surface area contributed by atoms with Crippen molar-refractivity contribution < 1.29 is 4.74 Å². The molecule has 0 fully saturated rings. The molecule has 0 radical (unpaired) electrons. The van der Waals surface area contributed by atoms with Crippen molar-refractivity contribution in [3.05, 3.63) is 71.3 Å². The van der Waals surface area contributed by atoms with Crippen molar-refractivity contribution in [1.29, 1.82) is 0 Å². The molecular formula is C21H30IN3O. The molecule has 0 aromatic heterocycles. The van der Waals surface area contributed by atoms with E-state index < -0.39 is 0 Å². The lowest BCUT2D eigenvalue weighted by Gasteiger charge is -2.12. The van der Waals surface area contributed by atoms with Crippen LogP contribution in [0.5, 0.6) is 0 Å². The quantitative estimate of drug-likeness (QED) is 0.251. The van der Waals surface area contributed by atoms with Gasteiger partial charge in [-0.1, -0.05) is 60.2 Å². The first kappa shape index (κ1) is 22.4. The number of aryl methyl sites for hydroxylation is 1. The van der Waals surface area contributed by atoms with Crippen molar-refractivity contribution in [3.63, 3.8) is 0 Å². The SMILES string of the molecule is CN=C(NCCCCOCc1ccccc1)NCc1cccc(C)c1.I. The van der Waals surface area contributed by atoms with E-state index in [0.29, 0.717) is 6.61 Å². The second-order valence-corrected chi connectivity index (χ2v) is 6.09. The Balaban J connectivity index is 0.00000338. The Morgan fingerprint density at radius 1 is 0.962 bits per heavy atom. The highest BCUT2D eigenvalue weighted by Crippen LogP contribution is 2.03. The molecule has 0 aliphatic carbocycles. The highest BCUT2D eigenvalue weighted by atomic mass is 127. The number of unbranched alkanes of at least 4 members (excludes halogenated alkanes) is 1. The lowest BCUT2D eigenvalue weighted by molar-refractivity contribution is 0.117. The summed E-state index contributed by atoms with van der Waals surface area (Å²) in [4.78, 5) is 4.26. The maximum absolute atomic E-state index is 5.70. The van der Waals surface area contributed by atoms with Gasteiger partial charge in [0.15, 0.2) is 5.96 Å². The van der Waals surface area contributed by atoms with Crippen LogP contribution in [0, 0.1) is 6.92 Å². The normalized spacial score (nSPS) is 10.9. The number of benzene rings is 2. The molecule has 0 unspecified atom stereocenters. The van der Waals surface area contributed by atoms with Crippen molar-refractivity contribution in [2.24, 2.45) is 4.99 Å². The lowest BCUT2D eigenvalue weighted by Crippen LogP contribution is -2.37. The van der Waals surface area contributed by atoms with Crippen LogP contribution in [0.15, 0.2) is 59.6 Å². The van der Waals surface area contributed by atoms with Crippen molar-refractivity contribution >= 4 is 29.9 Å². The van der Waals surface area contributed by atoms with Gasteiger partial charge in [0.1, 0.15) is 0 Å². The molecule has 4 nitrogen and oxygen atoms in total. The predicted molar refractivity (Wildman–Crippen MR) is 120 cm³/mol. The minimum atomic E-state index is 0. The third kappa shape index (κ3) is 9.20. The number of hydrogen-bond acceptors (Lipinski definition) is 2. The summed E-state index contributed by atoms with van der Waals surface area (Å²) in [6.07, 6.45) is 2.09. The second kappa shape index (κ2) is 13.6.